The molecule has 0 bridgehead atoms. The predicted molar refractivity (Wildman–Crippen MR) is 49.9 cm³/mol. The average molecular weight is 165 g/mol. The van der Waals surface area contributed by atoms with Crippen LogP contribution in [0.1, 0.15) is 25.6 Å². The van der Waals surface area contributed by atoms with Gasteiger partial charge in [0.15, 0.2) is 0 Å². The third kappa shape index (κ3) is 2.55. The Morgan fingerprint density at radius 1 is 1.75 bits per heavy atom. The van der Waals surface area contributed by atoms with Gasteiger partial charge in [0.05, 0.1) is 12.3 Å². The van der Waals surface area contributed by atoms with Crippen LogP contribution in [0.4, 0.5) is 0 Å². The van der Waals surface area contributed by atoms with Gasteiger partial charge in [-0.15, -0.1) is 0 Å². The number of hydrogen-bond donors (Lipinski definition) is 1. The van der Waals surface area contributed by atoms with E-state index in [9.17, 15) is 0 Å². The fourth-order valence-electron chi connectivity index (χ4n) is 0.966. The highest BCUT2D eigenvalue weighted by Crippen LogP contribution is 2.11. The molecule has 0 fully saturated rings. The van der Waals surface area contributed by atoms with Crippen LogP contribution in [0.5, 0.6) is 0 Å². The predicted octanol–water partition coefficient (Wildman–Crippen LogP) is 2.51. The number of hydrogen-bond acceptors (Lipinski definition) is 2. The molecule has 0 aliphatic carbocycles. The molecule has 0 spiro atoms. The Bertz CT molecular complexity index is 238. The van der Waals surface area contributed by atoms with Crippen molar-refractivity contribution in [2.75, 3.05) is 6.54 Å². The molecule has 0 saturated carbocycles. The van der Waals surface area contributed by atoms with Crippen LogP contribution >= 0.6 is 0 Å². The summed E-state index contributed by atoms with van der Waals surface area (Å²) in [5.74, 6) is 0.969. The van der Waals surface area contributed by atoms with Crippen LogP contribution in [0, 0.1) is 0 Å². The molecule has 1 heterocycles. The Morgan fingerprint density at radius 2 is 2.50 bits per heavy atom. The second kappa shape index (κ2) is 4.12. The first-order valence-corrected chi connectivity index (χ1v) is 4.11. The molecule has 1 unspecified atom stereocenters. The summed E-state index contributed by atoms with van der Waals surface area (Å²) in [5, 5.41) is 3.29. The highest BCUT2D eigenvalue weighted by Gasteiger charge is 2.05. The molecule has 0 aliphatic rings. The van der Waals surface area contributed by atoms with Crippen LogP contribution in [0.3, 0.4) is 0 Å². The van der Waals surface area contributed by atoms with Crippen LogP contribution < -0.4 is 5.32 Å². The van der Waals surface area contributed by atoms with Gasteiger partial charge in [-0.25, -0.2) is 0 Å². The number of furan rings is 1. The fourth-order valence-corrected chi connectivity index (χ4v) is 0.966. The van der Waals surface area contributed by atoms with E-state index in [4.69, 9.17) is 4.42 Å². The summed E-state index contributed by atoms with van der Waals surface area (Å²) >= 11 is 0. The lowest BCUT2D eigenvalue weighted by atomic mass is 10.2. The normalized spacial score (nSPS) is 12.8. The van der Waals surface area contributed by atoms with Gasteiger partial charge in [-0.3, -0.25) is 0 Å². The molecule has 1 aromatic rings. The quantitative estimate of drug-likeness (QED) is 0.693. The minimum atomic E-state index is 0.261. The summed E-state index contributed by atoms with van der Waals surface area (Å²) in [6.07, 6.45) is 1.69. The van der Waals surface area contributed by atoms with E-state index >= 15 is 0 Å². The molecule has 2 heteroatoms. The Labute approximate surface area is 73.3 Å². The molecule has 1 N–H and O–H groups in total. The van der Waals surface area contributed by atoms with Gasteiger partial charge >= 0.3 is 0 Å². The van der Waals surface area contributed by atoms with Crippen molar-refractivity contribution < 1.29 is 4.42 Å². The van der Waals surface area contributed by atoms with Gasteiger partial charge in [0, 0.05) is 6.54 Å². The third-order valence-electron chi connectivity index (χ3n) is 1.68. The molecule has 0 aromatic carbocycles. The van der Waals surface area contributed by atoms with Crippen molar-refractivity contribution in [3.05, 3.63) is 36.3 Å². The van der Waals surface area contributed by atoms with E-state index in [1.165, 1.54) is 0 Å². The Balaban J connectivity index is 2.39. The smallest absolute Gasteiger partial charge is 0.120 e. The van der Waals surface area contributed by atoms with Crippen LogP contribution in [0.15, 0.2) is 35.0 Å². The second-order valence-electron chi connectivity index (χ2n) is 3.08. The van der Waals surface area contributed by atoms with E-state index < -0.39 is 0 Å². The molecule has 0 amide bonds. The SMILES string of the molecule is C=C(C)CNC(C)c1ccco1. The monoisotopic (exact) mass is 165 g/mol. The summed E-state index contributed by atoms with van der Waals surface area (Å²) in [6.45, 7) is 8.72. The van der Waals surface area contributed by atoms with Crippen LogP contribution in [-0.4, -0.2) is 6.54 Å². The van der Waals surface area contributed by atoms with Gasteiger partial charge in [-0.2, -0.15) is 0 Å². The average Bonchev–Trinajstić information content (AvgIpc) is 2.51. The van der Waals surface area contributed by atoms with Gasteiger partial charge in [0.1, 0.15) is 5.76 Å². The van der Waals surface area contributed by atoms with E-state index in [0.717, 1.165) is 17.9 Å². The van der Waals surface area contributed by atoms with Crippen molar-refractivity contribution in [1.29, 1.82) is 0 Å². The van der Waals surface area contributed by atoms with Crippen molar-refractivity contribution in [2.24, 2.45) is 0 Å². The van der Waals surface area contributed by atoms with Crippen molar-refractivity contribution in [3.63, 3.8) is 0 Å². The standard InChI is InChI=1S/C10H15NO/c1-8(2)7-11-9(3)10-5-4-6-12-10/h4-6,9,11H,1,7H2,2-3H3. The Kier molecular flexibility index (Phi) is 3.11. The number of nitrogens with one attached hydrogen (secondary N) is 1. The van der Waals surface area contributed by atoms with Gasteiger partial charge in [-0.1, -0.05) is 12.2 Å². The largest absolute Gasteiger partial charge is 0.468 e. The minimum absolute atomic E-state index is 0.261. The zero-order valence-electron chi connectivity index (χ0n) is 7.63. The van der Waals surface area contributed by atoms with E-state index in [0.29, 0.717) is 0 Å². The van der Waals surface area contributed by atoms with Crippen LogP contribution in [0.25, 0.3) is 0 Å². The zero-order valence-corrected chi connectivity index (χ0v) is 7.63. The molecule has 0 saturated heterocycles. The molecule has 12 heavy (non-hydrogen) atoms. The third-order valence-corrected chi connectivity index (χ3v) is 1.68. The summed E-state index contributed by atoms with van der Waals surface area (Å²) in [4.78, 5) is 0. The molecule has 66 valence electrons. The molecule has 1 aromatic heterocycles. The lowest BCUT2D eigenvalue weighted by Crippen LogP contribution is -2.19. The van der Waals surface area contributed by atoms with Gasteiger partial charge in [0.25, 0.3) is 0 Å². The van der Waals surface area contributed by atoms with E-state index in [1.807, 2.05) is 19.1 Å². The summed E-state index contributed by atoms with van der Waals surface area (Å²) in [7, 11) is 0. The van der Waals surface area contributed by atoms with Gasteiger partial charge < -0.3 is 9.73 Å². The minimum Gasteiger partial charge on any atom is -0.468 e. The Hall–Kier alpha value is -1.02. The maximum absolute atomic E-state index is 5.24. The fraction of sp³-hybridized carbons (Fsp3) is 0.400. The van der Waals surface area contributed by atoms with Crippen molar-refractivity contribution >= 4 is 0 Å². The van der Waals surface area contributed by atoms with E-state index in [-0.39, 0.29) is 6.04 Å². The first kappa shape index (κ1) is 9.07. The maximum Gasteiger partial charge on any atom is 0.120 e. The zero-order chi connectivity index (χ0) is 8.97. The van der Waals surface area contributed by atoms with Crippen LogP contribution in [0.2, 0.25) is 0 Å². The molecular formula is C10H15NO. The molecule has 0 radical (unpaired) electrons. The molecule has 0 aliphatic heterocycles. The molecule has 1 rings (SSSR count). The summed E-state index contributed by atoms with van der Waals surface area (Å²) < 4.78 is 5.24. The molecule has 2 nitrogen and oxygen atoms in total. The molecular weight excluding hydrogens is 150 g/mol. The van der Waals surface area contributed by atoms with Crippen LogP contribution in [-0.2, 0) is 0 Å². The van der Waals surface area contributed by atoms with Gasteiger partial charge in [0.2, 0.25) is 0 Å². The summed E-state index contributed by atoms with van der Waals surface area (Å²) in [6, 6.07) is 4.13. The van der Waals surface area contributed by atoms with E-state index in [1.54, 1.807) is 6.26 Å². The second-order valence-corrected chi connectivity index (χ2v) is 3.08. The first-order chi connectivity index (χ1) is 5.70. The lowest BCUT2D eigenvalue weighted by Gasteiger charge is -2.10. The highest BCUT2D eigenvalue weighted by molar-refractivity contribution is 5.04. The van der Waals surface area contributed by atoms with Crippen molar-refractivity contribution in [1.82, 2.24) is 5.32 Å². The Morgan fingerprint density at radius 3 is 3.00 bits per heavy atom. The van der Waals surface area contributed by atoms with Crippen molar-refractivity contribution in [3.8, 4) is 0 Å². The van der Waals surface area contributed by atoms with Crippen molar-refractivity contribution in [2.45, 2.75) is 19.9 Å². The molecule has 1 atom stereocenters. The highest BCUT2D eigenvalue weighted by atomic mass is 16.3. The maximum atomic E-state index is 5.24. The first-order valence-electron chi connectivity index (χ1n) is 4.11. The van der Waals surface area contributed by atoms with E-state index in [2.05, 4.69) is 18.8 Å². The topological polar surface area (TPSA) is 25.2 Å². The number of rotatable bonds is 4. The summed E-state index contributed by atoms with van der Waals surface area (Å²) in [5.41, 5.74) is 1.13. The van der Waals surface area contributed by atoms with Gasteiger partial charge in [-0.05, 0) is 26.0 Å². The lowest BCUT2D eigenvalue weighted by molar-refractivity contribution is 0.439.